The zero-order valence-corrected chi connectivity index (χ0v) is 12.9. The number of hydrogen-bond acceptors (Lipinski definition) is 3. The second-order valence-electron chi connectivity index (χ2n) is 6.34. The summed E-state index contributed by atoms with van der Waals surface area (Å²) in [7, 11) is 0. The third kappa shape index (κ3) is 2.79. The number of carbonyl (C=O) groups excluding carboxylic acids is 1. The first-order valence-electron chi connectivity index (χ1n) is 8.09. The van der Waals surface area contributed by atoms with Crippen molar-refractivity contribution in [1.82, 2.24) is 10.6 Å². The monoisotopic (exact) mass is 312 g/mol. The fourth-order valence-corrected chi connectivity index (χ4v) is 3.41. The molecule has 1 spiro atoms. The van der Waals surface area contributed by atoms with Gasteiger partial charge in [-0.3, -0.25) is 0 Å². The molecule has 1 aromatic heterocycles. The van der Waals surface area contributed by atoms with Crippen LogP contribution >= 0.6 is 0 Å². The lowest BCUT2D eigenvalue weighted by Crippen LogP contribution is -2.50. The van der Waals surface area contributed by atoms with E-state index in [2.05, 4.69) is 10.6 Å². The summed E-state index contributed by atoms with van der Waals surface area (Å²) < 4.78 is 11.4. The summed E-state index contributed by atoms with van der Waals surface area (Å²) in [5.41, 5.74) is 0.964. The number of carbonyl (C=O) groups is 1. The maximum Gasteiger partial charge on any atom is 0.315 e. The summed E-state index contributed by atoms with van der Waals surface area (Å²) in [6.45, 7) is 0.384. The molecule has 2 aliphatic rings. The molecule has 23 heavy (non-hydrogen) atoms. The predicted molar refractivity (Wildman–Crippen MR) is 85.1 cm³/mol. The van der Waals surface area contributed by atoms with Crippen LogP contribution in [0.3, 0.4) is 0 Å². The first-order chi connectivity index (χ1) is 11.2. The van der Waals surface area contributed by atoms with E-state index in [4.69, 9.17) is 9.15 Å². The maximum atomic E-state index is 12.2. The van der Waals surface area contributed by atoms with Crippen molar-refractivity contribution in [2.45, 2.75) is 43.9 Å². The van der Waals surface area contributed by atoms with Crippen LogP contribution in [0.15, 0.2) is 47.1 Å². The summed E-state index contributed by atoms with van der Waals surface area (Å²) in [4.78, 5) is 12.2. The number of para-hydroxylation sites is 1. The average Bonchev–Trinajstić information content (AvgIpc) is 3.05. The average molecular weight is 312 g/mol. The number of nitrogens with one attached hydrogen (secondary N) is 2. The van der Waals surface area contributed by atoms with Gasteiger partial charge in [-0.05, 0) is 37.5 Å². The lowest BCUT2D eigenvalue weighted by Gasteiger charge is -2.47. The highest BCUT2D eigenvalue weighted by molar-refractivity contribution is 5.74. The molecule has 1 unspecified atom stereocenters. The van der Waals surface area contributed by atoms with Crippen molar-refractivity contribution in [1.29, 1.82) is 0 Å². The lowest BCUT2D eigenvalue weighted by atomic mass is 9.73. The smallest absolute Gasteiger partial charge is 0.315 e. The van der Waals surface area contributed by atoms with E-state index in [1.807, 2.05) is 36.4 Å². The highest BCUT2D eigenvalue weighted by Gasteiger charge is 2.45. The first kappa shape index (κ1) is 14.2. The van der Waals surface area contributed by atoms with E-state index in [0.717, 1.165) is 36.3 Å². The maximum absolute atomic E-state index is 12.2. The number of benzene rings is 1. The fraction of sp³-hybridized carbons (Fsp3) is 0.389. The molecule has 2 heterocycles. The number of furan rings is 1. The van der Waals surface area contributed by atoms with Crippen molar-refractivity contribution in [3.63, 3.8) is 0 Å². The molecule has 4 rings (SSSR count). The largest absolute Gasteiger partial charge is 0.487 e. The van der Waals surface area contributed by atoms with Gasteiger partial charge in [0, 0.05) is 12.0 Å². The van der Waals surface area contributed by atoms with Crippen molar-refractivity contribution in [2.75, 3.05) is 0 Å². The Bertz CT molecular complexity index is 692. The van der Waals surface area contributed by atoms with E-state index in [1.54, 1.807) is 6.26 Å². The molecule has 1 fully saturated rings. The number of ether oxygens (including phenoxy) is 1. The molecule has 0 radical (unpaired) electrons. The molecule has 1 saturated carbocycles. The van der Waals surface area contributed by atoms with Gasteiger partial charge in [0.1, 0.15) is 17.1 Å². The van der Waals surface area contributed by atoms with Gasteiger partial charge in [-0.1, -0.05) is 18.2 Å². The molecule has 2 amide bonds. The molecule has 5 heteroatoms. The van der Waals surface area contributed by atoms with E-state index in [1.165, 1.54) is 6.42 Å². The Morgan fingerprint density at radius 3 is 2.83 bits per heavy atom. The van der Waals surface area contributed by atoms with Gasteiger partial charge < -0.3 is 19.8 Å². The van der Waals surface area contributed by atoms with Crippen LogP contribution in [-0.4, -0.2) is 11.6 Å². The SMILES string of the molecule is O=C(NCc1ccco1)NC1CC2(CCC2)Oc2ccccc21. The minimum absolute atomic E-state index is 0.0168. The second-order valence-corrected chi connectivity index (χ2v) is 6.34. The number of amides is 2. The number of fused-ring (bicyclic) bond motifs is 1. The van der Waals surface area contributed by atoms with Crippen LogP contribution in [0.5, 0.6) is 5.75 Å². The van der Waals surface area contributed by atoms with E-state index >= 15 is 0 Å². The van der Waals surface area contributed by atoms with Gasteiger partial charge in [0.05, 0.1) is 18.8 Å². The molecule has 1 aromatic carbocycles. The van der Waals surface area contributed by atoms with Crippen LogP contribution in [0.2, 0.25) is 0 Å². The van der Waals surface area contributed by atoms with Gasteiger partial charge in [0.15, 0.2) is 0 Å². The second kappa shape index (κ2) is 5.65. The Hall–Kier alpha value is -2.43. The third-order valence-electron chi connectivity index (χ3n) is 4.77. The summed E-state index contributed by atoms with van der Waals surface area (Å²) in [5, 5.41) is 5.93. The van der Waals surface area contributed by atoms with Gasteiger partial charge in [-0.2, -0.15) is 0 Å². The molecular weight excluding hydrogens is 292 g/mol. The summed E-state index contributed by atoms with van der Waals surface area (Å²) >= 11 is 0. The summed E-state index contributed by atoms with van der Waals surface area (Å²) in [6.07, 6.45) is 5.75. The molecule has 1 aliphatic carbocycles. The van der Waals surface area contributed by atoms with E-state index in [-0.39, 0.29) is 17.7 Å². The third-order valence-corrected chi connectivity index (χ3v) is 4.77. The minimum Gasteiger partial charge on any atom is -0.487 e. The molecule has 0 bridgehead atoms. The lowest BCUT2D eigenvalue weighted by molar-refractivity contribution is -0.0355. The molecule has 120 valence electrons. The highest BCUT2D eigenvalue weighted by atomic mass is 16.5. The predicted octanol–water partition coefficient (Wildman–Crippen LogP) is 3.53. The highest BCUT2D eigenvalue weighted by Crippen LogP contribution is 2.48. The van der Waals surface area contributed by atoms with Crippen LogP contribution < -0.4 is 15.4 Å². The zero-order valence-electron chi connectivity index (χ0n) is 12.9. The summed E-state index contributed by atoms with van der Waals surface area (Å²) in [5.74, 6) is 1.64. The fourth-order valence-electron chi connectivity index (χ4n) is 3.41. The van der Waals surface area contributed by atoms with E-state index < -0.39 is 0 Å². The van der Waals surface area contributed by atoms with Gasteiger partial charge in [0.2, 0.25) is 0 Å². The molecule has 5 nitrogen and oxygen atoms in total. The Kier molecular flexibility index (Phi) is 3.48. The molecular formula is C18H20N2O3. The number of rotatable bonds is 3. The van der Waals surface area contributed by atoms with Crippen LogP contribution in [0, 0.1) is 0 Å². The van der Waals surface area contributed by atoms with E-state index in [0.29, 0.717) is 6.54 Å². The van der Waals surface area contributed by atoms with Crippen molar-refractivity contribution < 1.29 is 13.9 Å². The van der Waals surface area contributed by atoms with E-state index in [9.17, 15) is 4.79 Å². The summed E-state index contributed by atoms with van der Waals surface area (Å²) in [6, 6.07) is 11.4. The van der Waals surface area contributed by atoms with Crippen molar-refractivity contribution in [2.24, 2.45) is 0 Å². The van der Waals surface area contributed by atoms with Gasteiger partial charge in [0.25, 0.3) is 0 Å². The molecule has 1 atom stereocenters. The minimum atomic E-state index is -0.183. The standard InChI is InChI=1S/C18H20N2O3/c21-17(19-12-13-5-3-10-22-13)20-15-11-18(8-4-9-18)23-16-7-2-1-6-14(15)16/h1-3,5-7,10,15H,4,8-9,11-12H2,(H2,19,20,21). The number of hydrogen-bond donors (Lipinski definition) is 2. The Morgan fingerprint density at radius 2 is 2.09 bits per heavy atom. The topological polar surface area (TPSA) is 63.5 Å². The van der Waals surface area contributed by atoms with Crippen molar-refractivity contribution >= 4 is 6.03 Å². The quantitative estimate of drug-likeness (QED) is 0.911. The molecule has 2 aromatic rings. The Morgan fingerprint density at radius 1 is 1.22 bits per heavy atom. The Balaban J connectivity index is 1.45. The van der Waals surface area contributed by atoms with Gasteiger partial charge in [-0.25, -0.2) is 4.79 Å². The van der Waals surface area contributed by atoms with Gasteiger partial charge in [-0.15, -0.1) is 0 Å². The first-order valence-corrected chi connectivity index (χ1v) is 8.09. The van der Waals surface area contributed by atoms with Crippen molar-refractivity contribution in [3.05, 3.63) is 54.0 Å². The van der Waals surface area contributed by atoms with Crippen LogP contribution in [0.25, 0.3) is 0 Å². The normalized spacial score (nSPS) is 21.0. The van der Waals surface area contributed by atoms with Crippen molar-refractivity contribution in [3.8, 4) is 5.75 Å². The van der Waals surface area contributed by atoms with Gasteiger partial charge >= 0.3 is 6.03 Å². The number of urea groups is 1. The van der Waals surface area contributed by atoms with Crippen LogP contribution in [0.4, 0.5) is 4.79 Å². The molecule has 2 N–H and O–H groups in total. The zero-order chi connectivity index (χ0) is 15.7. The molecule has 0 saturated heterocycles. The molecule has 1 aliphatic heterocycles. The van der Waals surface area contributed by atoms with Crippen LogP contribution in [-0.2, 0) is 6.54 Å². The van der Waals surface area contributed by atoms with Crippen LogP contribution in [0.1, 0.15) is 43.0 Å². The Labute approximate surface area is 135 Å².